The maximum absolute atomic E-state index is 11.2. The smallest absolute Gasteiger partial charge is 0.342 e. The second-order valence-electron chi connectivity index (χ2n) is 3.46. The highest BCUT2D eigenvalue weighted by molar-refractivity contribution is 7.98. The van der Waals surface area contributed by atoms with Crippen molar-refractivity contribution in [2.45, 2.75) is 18.9 Å². The number of thioether (sulfide) groups is 1. The Morgan fingerprint density at radius 3 is 2.75 bits per heavy atom. The van der Waals surface area contributed by atoms with Gasteiger partial charge in [-0.25, -0.2) is 14.3 Å². The van der Waals surface area contributed by atoms with Crippen molar-refractivity contribution in [1.82, 2.24) is 14.6 Å². The maximum atomic E-state index is 11.2. The van der Waals surface area contributed by atoms with Crippen LogP contribution in [-0.4, -0.2) is 31.9 Å². The lowest BCUT2D eigenvalue weighted by atomic mass is 10.3. The number of aromatic nitrogens is 3. The van der Waals surface area contributed by atoms with E-state index in [9.17, 15) is 4.79 Å². The standard InChI is InChI=1S/C10H11N3O2S/c1-5-4-6(2)13-8(11-5)7(10(14)15)9(12-13)16-3/h4H,1-3H3,(H,14,15). The van der Waals surface area contributed by atoms with Gasteiger partial charge in [0.05, 0.1) is 0 Å². The molecule has 0 radical (unpaired) electrons. The average Bonchev–Trinajstić information content (AvgIpc) is 2.56. The first kappa shape index (κ1) is 10.9. The molecule has 0 spiro atoms. The molecule has 1 N–H and O–H groups in total. The van der Waals surface area contributed by atoms with Gasteiger partial charge in [0.15, 0.2) is 5.65 Å². The summed E-state index contributed by atoms with van der Waals surface area (Å²) in [6, 6.07) is 1.87. The molecule has 0 aromatic carbocycles. The number of carboxylic acid groups (broad SMARTS) is 1. The van der Waals surface area contributed by atoms with Crippen LogP contribution in [0.3, 0.4) is 0 Å². The van der Waals surface area contributed by atoms with E-state index in [1.54, 1.807) is 10.8 Å². The van der Waals surface area contributed by atoms with E-state index < -0.39 is 5.97 Å². The third-order valence-corrected chi connectivity index (χ3v) is 2.94. The zero-order chi connectivity index (χ0) is 11.9. The Labute approximate surface area is 96.5 Å². The molecule has 0 aliphatic heterocycles. The summed E-state index contributed by atoms with van der Waals surface area (Å²) in [5, 5.41) is 13.9. The van der Waals surface area contributed by atoms with E-state index in [0.29, 0.717) is 10.7 Å². The van der Waals surface area contributed by atoms with E-state index in [1.165, 1.54) is 11.8 Å². The maximum Gasteiger partial charge on any atom is 0.342 e. The summed E-state index contributed by atoms with van der Waals surface area (Å²) in [6.07, 6.45) is 1.80. The number of aryl methyl sites for hydroxylation is 2. The predicted octanol–water partition coefficient (Wildman–Crippen LogP) is 1.77. The summed E-state index contributed by atoms with van der Waals surface area (Å²) in [5.41, 5.74) is 2.26. The van der Waals surface area contributed by atoms with E-state index in [4.69, 9.17) is 5.11 Å². The van der Waals surface area contributed by atoms with Gasteiger partial charge < -0.3 is 5.11 Å². The highest BCUT2D eigenvalue weighted by Gasteiger charge is 2.20. The summed E-state index contributed by atoms with van der Waals surface area (Å²) in [4.78, 5) is 15.4. The summed E-state index contributed by atoms with van der Waals surface area (Å²) in [7, 11) is 0. The molecule has 6 heteroatoms. The summed E-state index contributed by atoms with van der Waals surface area (Å²) in [5.74, 6) is -0.989. The third kappa shape index (κ3) is 1.55. The molecule has 0 atom stereocenters. The molecule has 0 saturated heterocycles. The summed E-state index contributed by atoms with van der Waals surface area (Å²) < 4.78 is 1.57. The van der Waals surface area contributed by atoms with Crippen LogP contribution in [0.5, 0.6) is 0 Å². The minimum absolute atomic E-state index is 0.180. The lowest BCUT2D eigenvalue weighted by Gasteiger charge is -2.00. The molecule has 0 unspecified atom stereocenters. The number of nitrogens with zero attached hydrogens (tertiary/aromatic N) is 3. The van der Waals surface area contributed by atoms with Gasteiger partial charge in [0.1, 0.15) is 10.6 Å². The Balaban J connectivity index is 2.89. The molecule has 2 aromatic heterocycles. The lowest BCUT2D eigenvalue weighted by molar-refractivity contribution is 0.0695. The van der Waals surface area contributed by atoms with Crippen molar-refractivity contribution >= 4 is 23.4 Å². The zero-order valence-corrected chi connectivity index (χ0v) is 10.00. The van der Waals surface area contributed by atoms with Crippen molar-refractivity contribution in [3.63, 3.8) is 0 Å². The highest BCUT2D eigenvalue weighted by Crippen LogP contribution is 2.23. The van der Waals surface area contributed by atoms with Gasteiger partial charge >= 0.3 is 5.97 Å². The van der Waals surface area contributed by atoms with Gasteiger partial charge in [-0.3, -0.25) is 0 Å². The molecule has 84 valence electrons. The van der Waals surface area contributed by atoms with Gasteiger partial charge in [-0.2, -0.15) is 5.10 Å². The third-order valence-electron chi connectivity index (χ3n) is 2.27. The Morgan fingerprint density at radius 1 is 1.50 bits per heavy atom. The average molecular weight is 237 g/mol. The van der Waals surface area contributed by atoms with Gasteiger partial charge in [0.2, 0.25) is 0 Å². The molecular weight excluding hydrogens is 226 g/mol. The van der Waals surface area contributed by atoms with Crippen LogP contribution >= 0.6 is 11.8 Å². The predicted molar refractivity (Wildman–Crippen MR) is 61.2 cm³/mol. The van der Waals surface area contributed by atoms with Crippen LogP contribution in [0.2, 0.25) is 0 Å². The number of carboxylic acids is 1. The van der Waals surface area contributed by atoms with E-state index >= 15 is 0 Å². The first-order chi connectivity index (χ1) is 7.54. The van der Waals surface area contributed by atoms with Crippen LogP contribution in [0.25, 0.3) is 5.65 Å². The van der Waals surface area contributed by atoms with Gasteiger partial charge in [-0.15, -0.1) is 11.8 Å². The monoisotopic (exact) mass is 237 g/mol. The molecule has 0 amide bonds. The quantitative estimate of drug-likeness (QED) is 0.806. The number of hydrogen-bond acceptors (Lipinski definition) is 4. The second-order valence-corrected chi connectivity index (χ2v) is 4.26. The van der Waals surface area contributed by atoms with Crippen LogP contribution in [-0.2, 0) is 0 Å². The fourth-order valence-electron chi connectivity index (χ4n) is 1.63. The van der Waals surface area contributed by atoms with E-state index in [2.05, 4.69) is 10.1 Å². The molecule has 0 saturated carbocycles. The molecule has 0 aliphatic carbocycles. The van der Waals surface area contributed by atoms with Crippen molar-refractivity contribution in [1.29, 1.82) is 0 Å². The molecule has 0 aliphatic rings. The molecule has 0 fully saturated rings. The summed E-state index contributed by atoms with van der Waals surface area (Å²) in [6.45, 7) is 3.72. The van der Waals surface area contributed by atoms with Crippen molar-refractivity contribution in [3.8, 4) is 0 Å². The SMILES string of the molecule is CSc1nn2c(C)cc(C)nc2c1C(=O)O. The lowest BCUT2D eigenvalue weighted by Crippen LogP contribution is -2.01. The molecule has 2 heterocycles. The van der Waals surface area contributed by atoms with E-state index in [0.717, 1.165) is 11.4 Å². The molecule has 2 rings (SSSR count). The topological polar surface area (TPSA) is 67.5 Å². The van der Waals surface area contributed by atoms with Crippen LogP contribution in [0.4, 0.5) is 0 Å². The number of hydrogen-bond donors (Lipinski definition) is 1. The largest absolute Gasteiger partial charge is 0.477 e. The Kier molecular flexibility index (Phi) is 2.59. The molecule has 2 aromatic rings. The van der Waals surface area contributed by atoms with Crippen LogP contribution in [0, 0.1) is 13.8 Å². The van der Waals surface area contributed by atoms with Crippen molar-refractivity contribution in [2.75, 3.05) is 6.26 Å². The van der Waals surface area contributed by atoms with Gasteiger partial charge in [0, 0.05) is 11.4 Å². The number of rotatable bonds is 2. The normalized spacial score (nSPS) is 10.9. The van der Waals surface area contributed by atoms with E-state index in [1.807, 2.05) is 19.9 Å². The molecule has 16 heavy (non-hydrogen) atoms. The van der Waals surface area contributed by atoms with Gasteiger partial charge in [-0.1, -0.05) is 0 Å². The van der Waals surface area contributed by atoms with Crippen molar-refractivity contribution in [3.05, 3.63) is 23.0 Å². The van der Waals surface area contributed by atoms with Crippen molar-refractivity contribution in [2.24, 2.45) is 0 Å². The van der Waals surface area contributed by atoms with Crippen LogP contribution in [0.1, 0.15) is 21.7 Å². The Bertz CT molecular complexity index is 577. The Morgan fingerprint density at radius 2 is 2.19 bits per heavy atom. The van der Waals surface area contributed by atoms with Crippen LogP contribution < -0.4 is 0 Å². The highest BCUT2D eigenvalue weighted by atomic mass is 32.2. The second kappa shape index (κ2) is 3.79. The zero-order valence-electron chi connectivity index (χ0n) is 9.18. The number of aromatic carboxylic acids is 1. The van der Waals surface area contributed by atoms with Crippen LogP contribution in [0.15, 0.2) is 11.1 Å². The molecular formula is C10H11N3O2S. The van der Waals surface area contributed by atoms with Crippen molar-refractivity contribution < 1.29 is 9.90 Å². The van der Waals surface area contributed by atoms with E-state index in [-0.39, 0.29) is 5.56 Å². The van der Waals surface area contributed by atoms with Gasteiger partial charge in [0.25, 0.3) is 0 Å². The molecule has 5 nitrogen and oxygen atoms in total. The number of fused-ring (bicyclic) bond motifs is 1. The first-order valence-corrected chi connectivity index (χ1v) is 5.91. The number of carbonyl (C=O) groups is 1. The fourth-order valence-corrected chi connectivity index (χ4v) is 2.18. The fraction of sp³-hybridized carbons (Fsp3) is 0.300. The minimum atomic E-state index is -0.989. The minimum Gasteiger partial charge on any atom is -0.477 e. The molecule has 0 bridgehead atoms. The van der Waals surface area contributed by atoms with Gasteiger partial charge in [-0.05, 0) is 26.2 Å². The summed E-state index contributed by atoms with van der Waals surface area (Å²) >= 11 is 1.31. The first-order valence-electron chi connectivity index (χ1n) is 4.69. The Hall–Kier alpha value is -1.56.